The molecule has 1 saturated heterocycles. The highest BCUT2D eigenvalue weighted by Gasteiger charge is 2.31. The molecule has 0 bridgehead atoms. The monoisotopic (exact) mass is 383 g/mol. The number of carbonyl (C=O) groups is 1. The van der Waals surface area contributed by atoms with E-state index in [0.717, 1.165) is 18.3 Å². The van der Waals surface area contributed by atoms with Crippen molar-refractivity contribution < 1.29 is 27.1 Å². The molecule has 2 aromatic rings. The summed E-state index contributed by atoms with van der Waals surface area (Å²) in [6.07, 6.45) is 2.26. The summed E-state index contributed by atoms with van der Waals surface area (Å²) < 4.78 is 53.1. The fourth-order valence-corrected chi connectivity index (χ4v) is 3.81. The van der Waals surface area contributed by atoms with Crippen LogP contribution in [0.5, 0.6) is 0 Å². The first kappa shape index (κ1) is 18.1. The summed E-state index contributed by atoms with van der Waals surface area (Å²) in [5, 5.41) is 9.20. The highest BCUT2D eigenvalue weighted by Crippen LogP contribution is 2.25. The van der Waals surface area contributed by atoms with Gasteiger partial charge in [-0.1, -0.05) is 0 Å². The molecule has 1 aromatic carbocycles. The summed E-state index contributed by atoms with van der Waals surface area (Å²) in [6.45, 7) is 0.511. The molecule has 0 spiro atoms. The Hall–Kier alpha value is -2.75. The van der Waals surface area contributed by atoms with Crippen LogP contribution in [0.25, 0.3) is 0 Å². The molecule has 0 amide bonds. The lowest BCUT2D eigenvalue weighted by Crippen LogP contribution is -2.36. The lowest BCUT2D eigenvalue weighted by atomic mass is 10.2. The van der Waals surface area contributed by atoms with Crippen LogP contribution >= 0.6 is 0 Å². The summed E-state index contributed by atoms with van der Waals surface area (Å²) >= 11 is 0. The molecule has 1 aliphatic rings. The first-order valence-electron chi connectivity index (χ1n) is 7.71. The van der Waals surface area contributed by atoms with Gasteiger partial charge >= 0.3 is 5.97 Å². The molecule has 10 heteroatoms. The summed E-state index contributed by atoms with van der Waals surface area (Å²) in [4.78, 5) is 16.6. The van der Waals surface area contributed by atoms with Crippen molar-refractivity contribution >= 4 is 27.5 Å². The van der Waals surface area contributed by atoms with E-state index >= 15 is 0 Å². The topological polar surface area (TPSA) is 99.6 Å². The Kier molecular flexibility index (Phi) is 4.77. The van der Waals surface area contributed by atoms with Crippen LogP contribution in [0.4, 0.5) is 20.3 Å². The van der Waals surface area contributed by atoms with Gasteiger partial charge in [-0.3, -0.25) is 4.72 Å². The van der Waals surface area contributed by atoms with Crippen LogP contribution in [-0.2, 0) is 14.8 Å². The number of carboxylic acids is 1. The lowest BCUT2D eigenvalue weighted by Gasteiger charge is -2.22. The van der Waals surface area contributed by atoms with Gasteiger partial charge in [0.15, 0.2) is 0 Å². The molecule has 2 N–H and O–H groups in total. The molecule has 138 valence electrons. The second kappa shape index (κ2) is 6.87. The van der Waals surface area contributed by atoms with E-state index in [1.54, 1.807) is 4.90 Å². The first-order chi connectivity index (χ1) is 12.3. The number of halogens is 2. The summed E-state index contributed by atoms with van der Waals surface area (Å²) in [5.74, 6) is -2.43. The number of anilines is 2. The molecule has 1 aromatic heterocycles. The molecular formula is C16H15F2N3O4S. The summed E-state index contributed by atoms with van der Waals surface area (Å²) in [5.41, 5.74) is -0.253. The summed E-state index contributed by atoms with van der Waals surface area (Å²) in [6, 6.07) is 4.30. The van der Waals surface area contributed by atoms with Gasteiger partial charge in [0.1, 0.15) is 28.4 Å². The van der Waals surface area contributed by atoms with Crippen molar-refractivity contribution in [2.45, 2.75) is 23.8 Å². The van der Waals surface area contributed by atoms with Crippen LogP contribution in [-0.4, -0.2) is 37.1 Å². The Morgan fingerprint density at radius 1 is 1.23 bits per heavy atom. The number of carboxylic acid groups (broad SMARTS) is 1. The Balaban J connectivity index is 1.82. The zero-order valence-electron chi connectivity index (χ0n) is 13.4. The Morgan fingerprint density at radius 3 is 2.50 bits per heavy atom. The van der Waals surface area contributed by atoms with E-state index in [4.69, 9.17) is 0 Å². The van der Waals surface area contributed by atoms with Crippen LogP contribution in [0.3, 0.4) is 0 Å². The molecule has 3 rings (SSSR count). The van der Waals surface area contributed by atoms with Crippen molar-refractivity contribution in [3.8, 4) is 0 Å². The van der Waals surface area contributed by atoms with Gasteiger partial charge in [-0.25, -0.2) is 27.0 Å². The van der Waals surface area contributed by atoms with Crippen molar-refractivity contribution in [2.24, 2.45) is 0 Å². The average Bonchev–Trinajstić information content (AvgIpc) is 3.03. The van der Waals surface area contributed by atoms with Gasteiger partial charge in [-0.15, -0.1) is 0 Å². The molecule has 2 heterocycles. The number of hydrogen-bond donors (Lipinski definition) is 2. The number of nitrogens with one attached hydrogen (secondary N) is 1. The average molecular weight is 383 g/mol. The summed E-state index contributed by atoms with van der Waals surface area (Å²) in [7, 11) is -4.10. The molecule has 1 fully saturated rings. The minimum absolute atomic E-state index is 0.211. The molecule has 1 atom stereocenters. The van der Waals surface area contributed by atoms with E-state index in [2.05, 4.69) is 9.71 Å². The Bertz CT molecular complexity index is 915. The van der Waals surface area contributed by atoms with Crippen LogP contribution < -0.4 is 9.62 Å². The zero-order valence-corrected chi connectivity index (χ0v) is 14.2. The number of aromatic nitrogens is 1. The maximum atomic E-state index is 13.2. The SMILES string of the molecule is O=C(O)[C@@H]1CCCN1c1ccc(S(=O)(=O)Nc2cc(F)cc(F)c2)cn1. The van der Waals surface area contributed by atoms with Gasteiger partial charge in [0.2, 0.25) is 0 Å². The van der Waals surface area contributed by atoms with Crippen molar-refractivity contribution in [1.29, 1.82) is 0 Å². The second-order valence-electron chi connectivity index (χ2n) is 5.81. The quantitative estimate of drug-likeness (QED) is 0.821. The smallest absolute Gasteiger partial charge is 0.326 e. The van der Waals surface area contributed by atoms with Crippen molar-refractivity contribution in [1.82, 2.24) is 4.98 Å². The minimum Gasteiger partial charge on any atom is -0.480 e. The number of sulfonamides is 1. The second-order valence-corrected chi connectivity index (χ2v) is 7.49. The van der Waals surface area contributed by atoms with Gasteiger partial charge in [0.05, 0.1) is 5.69 Å². The van der Waals surface area contributed by atoms with E-state index in [1.807, 2.05) is 0 Å². The molecule has 7 nitrogen and oxygen atoms in total. The maximum absolute atomic E-state index is 13.2. The van der Waals surface area contributed by atoms with Gasteiger partial charge in [-0.2, -0.15) is 0 Å². The van der Waals surface area contributed by atoms with Crippen LogP contribution in [0, 0.1) is 11.6 Å². The normalized spacial score (nSPS) is 17.3. The highest BCUT2D eigenvalue weighted by atomic mass is 32.2. The number of pyridine rings is 1. The Morgan fingerprint density at radius 2 is 1.92 bits per heavy atom. The number of nitrogens with zero attached hydrogens (tertiary/aromatic N) is 2. The van der Waals surface area contributed by atoms with E-state index < -0.39 is 33.7 Å². The largest absolute Gasteiger partial charge is 0.480 e. The number of benzene rings is 1. The molecule has 0 radical (unpaired) electrons. The van der Waals surface area contributed by atoms with Crippen molar-refractivity contribution in [3.05, 3.63) is 48.2 Å². The van der Waals surface area contributed by atoms with Gasteiger partial charge in [0, 0.05) is 18.8 Å². The van der Waals surface area contributed by atoms with Crippen LogP contribution in [0.2, 0.25) is 0 Å². The zero-order chi connectivity index (χ0) is 18.9. The fourth-order valence-electron chi connectivity index (χ4n) is 2.83. The van der Waals surface area contributed by atoms with Gasteiger partial charge in [0.25, 0.3) is 10.0 Å². The third-order valence-electron chi connectivity index (χ3n) is 3.98. The highest BCUT2D eigenvalue weighted by molar-refractivity contribution is 7.92. The van der Waals surface area contributed by atoms with Gasteiger partial charge in [-0.05, 0) is 37.1 Å². The molecule has 1 aliphatic heterocycles. The maximum Gasteiger partial charge on any atom is 0.326 e. The molecular weight excluding hydrogens is 368 g/mol. The van der Waals surface area contributed by atoms with E-state index in [9.17, 15) is 27.1 Å². The number of rotatable bonds is 5. The fraction of sp³-hybridized carbons (Fsp3) is 0.250. The van der Waals surface area contributed by atoms with Gasteiger partial charge < -0.3 is 10.0 Å². The molecule has 26 heavy (non-hydrogen) atoms. The molecule has 0 unspecified atom stereocenters. The van der Waals surface area contributed by atoms with E-state index in [1.165, 1.54) is 12.1 Å². The van der Waals surface area contributed by atoms with Crippen LogP contribution in [0.1, 0.15) is 12.8 Å². The Labute approximate surface area is 148 Å². The van der Waals surface area contributed by atoms with E-state index in [0.29, 0.717) is 31.3 Å². The lowest BCUT2D eigenvalue weighted by molar-refractivity contribution is -0.138. The van der Waals surface area contributed by atoms with Crippen molar-refractivity contribution in [3.63, 3.8) is 0 Å². The third kappa shape index (κ3) is 3.74. The van der Waals surface area contributed by atoms with Crippen LogP contribution in [0.15, 0.2) is 41.4 Å². The number of hydrogen-bond acceptors (Lipinski definition) is 5. The minimum atomic E-state index is -4.10. The van der Waals surface area contributed by atoms with Crippen molar-refractivity contribution in [2.75, 3.05) is 16.2 Å². The first-order valence-corrected chi connectivity index (χ1v) is 9.19. The predicted octanol–water partition coefficient (Wildman–Crippen LogP) is 2.21. The molecule has 0 saturated carbocycles. The predicted molar refractivity (Wildman–Crippen MR) is 89.4 cm³/mol. The molecule has 0 aliphatic carbocycles. The number of aliphatic carboxylic acids is 1. The standard InChI is InChI=1S/C16H15F2N3O4S/c17-10-6-11(18)8-12(7-10)20-26(24,25)13-3-4-15(19-9-13)21-5-1-2-14(21)16(22)23/h3-4,6-9,14,20H,1-2,5H2,(H,22,23)/t14-/m0/s1. The van der Waals surface area contributed by atoms with E-state index in [-0.39, 0.29) is 10.6 Å². The third-order valence-corrected chi connectivity index (χ3v) is 5.34.